The van der Waals surface area contributed by atoms with Gasteiger partial charge in [0, 0.05) is 20.5 Å². The highest BCUT2D eigenvalue weighted by Gasteiger charge is 2.47. The Hall–Kier alpha value is -2.77. The number of rotatable bonds is 4. The molecule has 1 amide bonds. The summed E-state index contributed by atoms with van der Waals surface area (Å²) in [6, 6.07) is 13.8. The van der Waals surface area contributed by atoms with Gasteiger partial charge in [-0.05, 0) is 42.1 Å². The quantitative estimate of drug-likeness (QED) is 0.298. The Kier molecular flexibility index (Phi) is 5.58. The van der Waals surface area contributed by atoms with E-state index in [1.807, 2.05) is 24.4 Å². The van der Waals surface area contributed by atoms with Crippen LogP contribution in [0.25, 0.3) is 5.76 Å². The van der Waals surface area contributed by atoms with Crippen LogP contribution >= 0.6 is 27.3 Å². The monoisotopic (exact) mass is 485 g/mol. The molecule has 1 atom stereocenters. The zero-order valence-electron chi connectivity index (χ0n) is 15.9. The van der Waals surface area contributed by atoms with Gasteiger partial charge in [-0.25, -0.2) is 4.39 Å². The van der Waals surface area contributed by atoms with E-state index in [-0.39, 0.29) is 23.4 Å². The summed E-state index contributed by atoms with van der Waals surface area (Å²) in [5.41, 5.74) is 1.31. The molecule has 0 radical (unpaired) electrons. The fourth-order valence-corrected chi connectivity index (χ4v) is 4.53. The Morgan fingerprint density at radius 3 is 2.60 bits per heavy atom. The molecule has 152 valence electrons. The number of hydrogen-bond acceptors (Lipinski definition) is 4. The second-order valence-corrected chi connectivity index (χ2v) is 8.88. The van der Waals surface area contributed by atoms with Crippen LogP contribution in [0.2, 0.25) is 0 Å². The molecule has 0 spiro atoms. The van der Waals surface area contributed by atoms with Crippen molar-refractivity contribution in [2.75, 3.05) is 0 Å². The molecule has 4 nitrogen and oxygen atoms in total. The molecule has 1 fully saturated rings. The van der Waals surface area contributed by atoms with Gasteiger partial charge in [-0.15, -0.1) is 11.3 Å². The van der Waals surface area contributed by atoms with Gasteiger partial charge in [-0.2, -0.15) is 0 Å². The van der Waals surface area contributed by atoms with Crippen molar-refractivity contribution in [3.8, 4) is 0 Å². The van der Waals surface area contributed by atoms with Crippen LogP contribution in [0.4, 0.5) is 4.39 Å². The van der Waals surface area contributed by atoms with Gasteiger partial charge in [0.15, 0.2) is 0 Å². The van der Waals surface area contributed by atoms with Crippen molar-refractivity contribution in [1.29, 1.82) is 0 Å². The van der Waals surface area contributed by atoms with Crippen LogP contribution in [-0.2, 0) is 16.1 Å². The Morgan fingerprint density at radius 1 is 1.17 bits per heavy atom. The number of nitrogens with zero attached hydrogens (tertiary/aromatic N) is 1. The van der Waals surface area contributed by atoms with Crippen molar-refractivity contribution in [3.05, 3.63) is 97.4 Å². The number of benzene rings is 2. The van der Waals surface area contributed by atoms with Crippen molar-refractivity contribution >= 4 is 44.7 Å². The van der Waals surface area contributed by atoms with Crippen molar-refractivity contribution in [1.82, 2.24) is 4.90 Å². The second-order valence-electron chi connectivity index (χ2n) is 6.99. The molecule has 2 heterocycles. The van der Waals surface area contributed by atoms with Crippen molar-refractivity contribution in [3.63, 3.8) is 0 Å². The third-order valence-electron chi connectivity index (χ3n) is 5.08. The summed E-state index contributed by atoms with van der Waals surface area (Å²) in [5, 5.41) is 12.9. The minimum absolute atomic E-state index is 0.108. The summed E-state index contributed by atoms with van der Waals surface area (Å²) in [6.45, 7) is 2.00. The van der Waals surface area contributed by atoms with E-state index in [2.05, 4.69) is 15.9 Å². The van der Waals surface area contributed by atoms with Crippen LogP contribution in [0.5, 0.6) is 0 Å². The highest BCUT2D eigenvalue weighted by atomic mass is 79.9. The largest absolute Gasteiger partial charge is 0.507 e. The molecule has 0 aliphatic carbocycles. The molecular weight excluding hydrogens is 469 g/mol. The molecule has 0 bridgehead atoms. The third-order valence-corrected chi connectivity index (χ3v) is 6.83. The summed E-state index contributed by atoms with van der Waals surface area (Å²) in [7, 11) is 0. The molecule has 2 aromatic carbocycles. The Labute approximate surface area is 185 Å². The predicted molar refractivity (Wildman–Crippen MR) is 117 cm³/mol. The number of hydrogen-bond donors (Lipinski definition) is 1. The zero-order valence-corrected chi connectivity index (χ0v) is 18.3. The topological polar surface area (TPSA) is 57.6 Å². The maximum Gasteiger partial charge on any atom is 0.295 e. The van der Waals surface area contributed by atoms with E-state index in [1.165, 1.54) is 28.4 Å². The molecule has 1 aromatic heterocycles. The Bertz CT molecular complexity index is 1170. The van der Waals surface area contributed by atoms with Gasteiger partial charge in [-0.3, -0.25) is 9.59 Å². The lowest BCUT2D eigenvalue weighted by Gasteiger charge is -2.25. The lowest BCUT2D eigenvalue weighted by molar-refractivity contribution is -0.140. The number of carbonyl (C=O) groups excluding carboxylic acids is 2. The molecule has 1 aliphatic rings. The lowest BCUT2D eigenvalue weighted by Crippen LogP contribution is -2.29. The smallest absolute Gasteiger partial charge is 0.295 e. The number of aliphatic hydroxyl groups is 1. The van der Waals surface area contributed by atoms with Gasteiger partial charge >= 0.3 is 0 Å². The van der Waals surface area contributed by atoms with E-state index in [4.69, 9.17) is 0 Å². The maximum absolute atomic E-state index is 14.7. The van der Waals surface area contributed by atoms with Crippen molar-refractivity contribution in [2.45, 2.75) is 19.5 Å². The third kappa shape index (κ3) is 3.59. The normalized spacial score (nSPS) is 18.2. The molecular formula is C23H17BrFNO3S. The van der Waals surface area contributed by atoms with E-state index in [1.54, 1.807) is 30.3 Å². The molecule has 30 heavy (non-hydrogen) atoms. The summed E-state index contributed by atoms with van der Waals surface area (Å²) >= 11 is 4.85. The molecule has 1 saturated heterocycles. The molecule has 1 unspecified atom stereocenters. The van der Waals surface area contributed by atoms with Crippen LogP contribution in [0, 0.1) is 12.7 Å². The summed E-state index contributed by atoms with van der Waals surface area (Å²) in [4.78, 5) is 28.1. The van der Waals surface area contributed by atoms with Crippen molar-refractivity contribution < 1.29 is 19.1 Å². The lowest BCUT2D eigenvalue weighted by atomic mass is 9.94. The Morgan fingerprint density at radius 2 is 1.93 bits per heavy atom. The minimum Gasteiger partial charge on any atom is -0.507 e. The number of carbonyl (C=O) groups is 2. The van der Waals surface area contributed by atoms with Crippen molar-refractivity contribution in [2.24, 2.45) is 0 Å². The van der Waals surface area contributed by atoms with Gasteiger partial charge in [-0.1, -0.05) is 46.3 Å². The van der Waals surface area contributed by atoms with E-state index in [9.17, 15) is 19.1 Å². The first-order valence-corrected chi connectivity index (χ1v) is 10.9. The van der Waals surface area contributed by atoms with E-state index in [0.29, 0.717) is 5.56 Å². The zero-order chi connectivity index (χ0) is 21.4. The fraction of sp³-hybridized carbons (Fsp3) is 0.130. The highest BCUT2D eigenvalue weighted by Crippen LogP contribution is 2.41. The summed E-state index contributed by atoms with van der Waals surface area (Å²) in [6.07, 6.45) is 0. The predicted octanol–water partition coefficient (Wildman–Crippen LogP) is 5.58. The molecule has 3 aromatic rings. The average Bonchev–Trinajstić information content (AvgIpc) is 3.32. The number of halogens is 2. The number of ketones is 1. The SMILES string of the molecule is Cc1cc(/C(O)=C2\C(=O)C(=O)N(Cc3cccs3)C2c2ccccc2F)ccc1Br. The number of Topliss-reactive ketones (excluding diaryl/α,β-unsaturated/α-hetero) is 1. The number of thiophene rings is 1. The number of likely N-dealkylation sites (tertiary alicyclic amines) is 1. The number of aryl methyl sites for hydroxylation is 1. The standard InChI is InChI=1S/C23H17BrFNO3S/c1-13-11-14(8-9-17(13)24)21(27)19-20(16-6-2-3-7-18(16)25)26(23(29)22(19)28)12-15-5-4-10-30-15/h2-11,20,27H,12H2,1H3/b21-19+. The first-order chi connectivity index (χ1) is 14.4. The molecule has 7 heteroatoms. The van der Waals surface area contributed by atoms with E-state index >= 15 is 0 Å². The molecule has 1 N–H and O–H groups in total. The fourth-order valence-electron chi connectivity index (χ4n) is 3.58. The van der Waals surface area contributed by atoms with Crippen LogP contribution < -0.4 is 0 Å². The molecule has 1 aliphatic heterocycles. The van der Waals surface area contributed by atoms with Crippen LogP contribution in [-0.4, -0.2) is 21.7 Å². The van der Waals surface area contributed by atoms with Gasteiger partial charge in [0.05, 0.1) is 18.2 Å². The van der Waals surface area contributed by atoms with Gasteiger partial charge in [0.25, 0.3) is 11.7 Å². The first-order valence-electron chi connectivity index (χ1n) is 9.20. The molecule has 4 rings (SSSR count). The Balaban J connectivity index is 1.90. The van der Waals surface area contributed by atoms with Crippen LogP contribution in [0.15, 0.2) is 70.0 Å². The number of amides is 1. The van der Waals surface area contributed by atoms with Gasteiger partial charge < -0.3 is 10.0 Å². The minimum atomic E-state index is -1.02. The van der Waals surface area contributed by atoms with E-state index < -0.39 is 23.5 Å². The maximum atomic E-state index is 14.7. The second kappa shape index (κ2) is 8.16. The average molecular weight is 486 g/mol. The molecule has 0 saturated carbocycles. The van der Waals surface area contributed by atoms with Gasteiger partial charge in [0.2, 0.25) is 0 Å². The number of aliphatic hydroxyl groups excluding tert-OH is 1. The van der Waals surface area contributed by atoms with Gasteiger partial charge in [0.1, 0.15) is 11.6 Å². The summed E-state index contributed by atoms with van der Waals surface area (Å²) < 4.78 is 15.6. The summed E-state index contributed by atoms with van der Waals surface area (Å²) in [5.74, 6) is -2.44. The highest BCUT2D eigenvalue weighted by molar-refractivity contribution is 9.10. The van der Waals surface area contributed by atoms with Crippen LogP contribution in [0.1, 0.15) is 27.6 Å². The van der Waals surface area contributed by atoms with E-state index in [0.717, 1.165) is 14.9 Å². The van der Waals surface area contributed by atoms with Crippen LogP contribution in [0.3, 0.4) is 0 Å². The first kappa shape index (κ1) is 20.5.